The molecule has 1 aromatic carbocycles. The highest BCUT2D eigenvalue weighted by molar-refractivity contribution is 14.0. The Balaban J connectivity index is 0.00000261. The van der Waals surface area contributed by atoms with Crippen molar-refractivity contribution in [2.75, 3.05) is 40.8 Å². The van der Waals surface area contributed by atoms with Gasteiger partial charge in [-0.05, 0) is 43.8 Å². The molecule has 2 heterocycles. The molecule has 0 bridgehead atoms. The maximum Gasteiger partial charge on any atom is 0.194 e. The summed E-state index contributed by atoms with van der Waals surface area (Å²) in [5.41, 5.74) is 2.74. The summed E-state index contributed by atoms with van der Waals surface area (Å²) < 4.78 is 5.59. The van der Waals surface area contributed by atoms with Crippen molar-refractivity contribution in [2.45, 2.75) is 12.5 Å². The molecule has 1 N–H and O–H groups in total. The number of rotatable bonds is 5. The second kappa shape index (κ2) is 10.5. The Hall–Kier alpha value is -1.80. The summed E-state index contributed by atoms with van der Waals surface area (Å²) in [7, 11) is 5.97. The normalized spacial score (nSPS) is 15.9. The largest absolute Gasteiger partial charge is 0.468 e. The molecule has 1 atom stereocenters. The number of nitrogens with zero attached hydrogens (tertiary/aromatic N) is 3. The number of nitrogens with one attached hydrogen (secondary N) is 1. The molecular formula is C21H29IN4O. The van der Waals surface area contributed by atoms with Gasteiger partial charge in [0, 0.05) is 26.7 Å². The number of likely N-dealkylation sites (N-methyl/N-ethyl adjacent to an activating group) is 1. The summed E-state index contributed by atoms with van der Waals surface area (Å²) >= 11 is 0. The molecule has 1 aromatic heterocycles. The summed E-state index contributed by atoms with van der Waals surface area (Å²) in [6.07, 6.45) is 5.06. The van der Waals surface area contributed by atoms with Crippen LogP contribution >= 0.6 is 24.0 Å². The van der Waals surface area contributed by atoms with E-state index in [0.29, 0.717) is 0 Å². The van der Waals surface area contributed by atoms with Crippen molar-refractivity contribution in [1.29, 1.82) is 0 Å². The van der Waals surface area contributed by atoms with E-state index in [4.69, 9.17) is 4.42 Å². The van der Waals surface area contributed by atoms with Gasteiger partial charge in [-0.1, -0.05) is 36.4 Å². The molecule has 0 spiro atoms. The SMILES string of the molecule is CN=C(NCC(c1ccco1)N(C)C)N1CC=C(c2ccccc2)CC1.I. The van der Waals surface area contributed by atoms with E-state index in [9.17, 15) is 0 Å². The third kappa shape index (κ3) is 5.59. The van der Waals surface area contributed by atoms with E-state index in [1.807, 2.05) is 19.2 Å². The van der Waals surface area contributed by atoms with Gasteiger partial charge in [-0.25, -0.2) is 0 Å². The van der Waals surface area contributed by atoms with Crippen molar-refractivity contribution >= 4 is 35.5 Å². The predicted molar refractivity (Wildman–Crippen MR) is 123 cm³/mol. The van der Waals surface area contributed by atoms with Gasteiger partial charge < -0.3 is 14.6 Å². The van der Waals surface area contributed by atoms with Crippen molar-refractivity contribution in [3.05, 3.63) is 66.1 Å². The second-order valence-corrected chi connectivity index (χ2v) is 6.71. The number of hydrogen-bond acceptors (Lipinski definition) is 3. The first-order valence-corrected chi connectivity index (χ1v) is 9.09. The Labute approximate surface area is 179 Å². The summed E-state index contributed by atoms with van der Waals surface area (Å²) in [5.74, 6) is 1.90. The Morgan fingerprint density at radius 1 is 1.22 bits per heavy atom. The van der Waals surface area contributed by atoms with Crippen molar-refractivity contribution in [1.82, 2.24) is 15.1 Å². The smallest absolute Gasteiger partial charge is 0.194 e. The van der Waals surface area contributed by atoms with Crippen molar-refractivity contribution in [3.8, 4) is 0 Å². The quantitative estimate of drug-likeness (QED) is 0.401. The molecule has 0 saturated carbocycles. The fourth-order valence-electron chi connectivity index (χ4n) is 3.31. The van der Waals surface area contributed by atoms with Crippen LogP contribution in [-0.2, 0) is 0 Å². The minimum Gasteiger partial charge on any atom is -0.468 e. The van der Waals surface area contributed by atoms with E-state index >= 15 is 0 Å². The van der Waals surface area contributed by atoms with Crippen LogP contribution in [0.4, 0.5) is 0 Å². The van der Waals surface area contributed by atoms with Gasteiger partial charge in [0.2, 0.25) is 0 Å². The molecule has 0 radical (unpaired) electrons. The first-order chi connectivity index (χ1) is 12.7. The van der Waals surface area contributed by atoms with Crippen LogP contribution in [-0.4, -0.2) is 56.5 Å². The molecule has 146 valence electrons. The molecule has 3 rings (SSSR count). The Morgan fingerprint density at radius 3 is 2.56 bits per heavy atom. The molecule has 0 saturated heterocycles. The number of furan rings is 1. The highest BCUT2D eigenvalue weighted by Gasteiger charge is 2.20. The average molecular weight is 480 g/mol. The van der Waals surface area contributed by atoms with Crippen LogP contribution < -0.4 is 5.32 Å². The average Bonchev–Trinajstić information content (AvgIpc) is 3.20. The fourth-order valence-corrected chi connectivity index (χ4v) is 3.31. The lowest BCUT2D eigenvalue weighted by molar-refractivity contribution is 0.256. The van der Waals surface area contributed by atoms with E-state index in [0.717, 1.165) is 37.8 Å². The molecule has 2 aromatic rings. The summed E-state index contributed by atoms with van der Waals surface area (Å²) in [6, 6.07) is 14.7. The minimum absolute atomic E-state index is 0. The highest BCUT2D eigenvalue weighted by atomic mass is 127. The van der Waals surface area contributed by atoms with Gasteiger partial charge in [-0.15, -0.1) is 24.0 Å². The Bertz CT molecular complexity index is 741. The van der Waals surface area contributed by atoms with Gasteiger partial charge in [-0.3, -0.25) is 9.89 Å². The van der Waals surface area contributed by atoms with Crippen LogP contribution in [0.15, 0.2) is 64.2 Å². The van der Waals surface area contributed by atoms with Gasteiger partial charge in [0.1, 0.15) is 5.76 Å². The van der Waals surface area contributed by atoms with E-state index < -0.39 is 0 Å². The van der Waals surface area contributed by atoms with Crippen molar-refractivity contribution in [3.63, 3.8) is 0 Å². The van der Waals surface area contributed by atoms with Crippen LogP contribution in [0.2, 0.25) is 0 Å². The van der Waals surface area contributed by atoms with Crippen molar-refractivity contribution < 1.29 is 4.42 Å². The van der Waals surface area contributed by atoms with E-state index in [1.165, 1.54) is 11.1 Å². The van der Waals surface area contributed by atoms with Crippen LogP contribution in [0.3, 0.4) is 0 Å². The molecule has 6 heteroatoms. The summed E-state index contributed by atoms with van der Waals surface area (Å²) in [4.78, 5) is 8.92. The van der Waals surface area contributed by atoms with Gasteiger partial charge in [0.25, 0.3) is 0 Å². The maximum atomic E-state index is 5.59. The maximum absolute atomic E-state index is 5.59. The van der Waals surface area contributed by atoms with Crippen LogP contribution in [0.1, 0.15) is 23.8 Å². The van der Waals surface area contributed by atoms with E-state index in [2.05, 4.69) is 70.6 Å². The topological polar surface area (TPSA) is 44.0 Å². The molecule has 0 aliphatic carbocycles. The van der Waals surface area contributed by atoms with Gasteiger partial charge >= 0.3 is 0 Å². The number of aliphatic imine (C=N–C) groups is 1. The molecule has 1 aliphatic heterocycles. The second-order valence-electron chi connectivity index (χ2n) is 6.71. The monoisotopic (exact) mass is 480 g/mol. The van der Waals surface area contributed by atoms with E-state index in [-0.39, 0.29) is 30.0 Å². The third-order valence-electron chi connectivity index (χ3n) is 4.81. The molecule has 1 aliphatic rings. The van der Waals surface area contributed by atoms with Gasteiger partial charge in [0.05, 0.1) is 12.3 Å². The Morgan fingerprint density at radius 2 is 2.00 bits per heavy atom. The van der Waals surface area contributed by atoms with Crippen LogP contribution in [0, 0.1) is 0 Å². The Kier molecular flexibility index (Phi) is 8.37. The third-order valence-corrected chi connectivity index (χ3v) is 4.81. The lowest BCUT2D eigenvalue weighted by Crippen LogP contribution is -2.45. The standard InChI is InChI=1S/C21H28N4O.HI/c1-22-21(23-16-19(24(2)3)20-10-7-15-26-20)25-13-11-18(12-14-25)17-8-5-4-6-9-17;/h4-11,15,19H,12-14,16H2,1-3H3,(H,22,23);1H. The van der Waals surface area contributed by atoms with E-state index in [1.54, 1.807) is 6.26 Å². The molecule has 1 unspecified atom stereocenters. The molecule has 0 fully saturated rings. The first kappa shape index (κ1) is 21.5. The fraction of sp³-hybridized carbons (Fsp3) is 0.381. The summed E-state index contributed by atoms with van der Waals surface area (Å²) in [5, 5.41) is 3.51. The lowest BCUT2D eigenvalue weighted by Gasteiger charge is -2.31. The number of hydrogen-bond donors (Lipinski definition) is 1. The zero-order chi connectivity index (χ0) is 18.4. The van der Waals surface area contributed by atoms with Crippen LogP contribution in [0.5, 0.6) is 0 Å². The molecule has 0 amide bonds. The predicted octanol–water partition coefficient (Wildman–Crippen LogP) is 3.87. The molecular weight excluding hydrogens is 451 g/mol. The number of halogens is 1. The highest BCUT2D eigenvalue weighted by Crippen LogP contribution is 2.22. The zero-order valence-electron chi connectivity index (χ0n) is 16.3. The lowest BCUT2D eigenvalue weighted by atomic mass is 10.00. The summed E-state index contributed by atoms with van der Waals surface area (Å²) in [6.45, 7) is 2.59. The number of benzene rings is 1. The van der Waals surface area contributed by atoms with Crippen LogP contribution in [0.25, 0.3) is 5.57 Å². The first-order valence-electron chi connectivity index (χ1n) is 9.09. The van der Waals surface area contributed by atoms with Gasteiger partial charge in [-0.2, -0.15) is 0 Å². The number of guanidine groups is 1. The minimum atomic E-state index is 0. The zero-order valence-corrected chi connectivity index (χ0v) is 18.6. The van der Waals surface area contributed by atoms with Crippen molar-refractivity contribution in [2.24, 2.45) is 4.99 Å². The molecule has 27 heavy (non-hydrogen) atoms. The van der Waals surface area contributed by atoms with Gasteiger partial charge in [0.15, 0.2) is 5.96 Å². The molecule has 5 nitrogen and oxygen atoms in total.